The van der Waals surface area contributed by atoms with Crippen molar-refractivity contribution >= 4 is 11.8 Å². The third-order valence-corrected chi connectivity index (χ3v) is 4.77. The summed E-state index contributed by atoms with van der Waals surface area (Å²) < 4.78 is 0. The molecule has 92 valence electrons. The van der Waals surface area contributed by atoms with E-state index in [1.807, 2.05) is 0 Å². The Balaban J connectivity index is 1.66. The van der Waals surface area contributed by atoms with Gasteiger partial charge in [0.2, 0.25) is 0 Å². The van der Waals surface area contributed by atoms with Gasteiger partial charge in [-0.3, -0.25) is 4.79 Å². The van der Waals surface area contributed by atoms with Gasteiger partial charge in [0.15, 0.2) is 5.16 Å². The van der Waals surface area contributed by atoms with E-state index < -0.39 is 0 Å². The monoisotopic (exact) mass is 250 g/mol. The van der Waals surface area contributed by atoms with E-state index in [1.165, 1.54) is 38.5 Å². The first-order valence-electron chi connectivity index (χ1n) is 6.55. The predicted molar refractivity (Wildman–Crippen MR) is 69.5 cm³/mol. The zero-order valence-corrected chi connectivity index (χ0v) is 10.8. The lowest BCUT2D eigenvalue weighted by molar-refractivity contribution is 0.622. The molecule has 0 aliphatic heterocycles. The van der Waals surface area contributed by atoms with Crippen LogP contribution in [0, 0.1) is 5.92 Å². The molecule has 3 nitrogen and oxygen atoms in total. The molecule has 0 bridgehead atoms. The summed E-state index contributed by atoms with van der Waals surface area (Å²) in [5, 5.41) is 0.825. The first-order valence-corrected chi connectivity index (χ1v) is 7.54. The van der Waals surface area contributed by atoms with Gasteiger partial charge in [0.05, 0.1) is 5.69 Å². The Morgan fingerprint density at radius 3 is 2.76 bits per heavy atom. The van der Waals surface area contributed by atoms with Crippen LogP contribution in [0.1, 0.15) is 50.1 Å². The molecule has 1 N–H and O–H groups in total. The maximum absolute atomic E-state index is 11.5. The summed E-state index contributed by atoms with van der Waals surface area (Å²) in [6, 6.07) is 1.66. The van der Waals surface area contributed by atoms with Crippen LogP contribution in [0.4, 0.5) is 0 Å². The fraction of sp³-hybridized carbons (Fsp3) is 0.692. The van der Waals surface area contributed by atoms with Gasteiger partial charge in [-0.15, -0.1) is 0 Å². The molecule has 0 spiro atoms. The van der Waals surface area contributed by atoms with Crippen molar-refractivity contribution < 1.29 is 0 Å². The molecule has 0 aromatic carbocycles. The second-order valence-electron chi connectivity index (χ2n) is 5.21. The largest absolute Gasteiger partial charge is 0.301 e. The second kappa shape index (κ2) is 4.84. The number of hydrogen-bond donors (Lipinski definition) is 1. The van der Waals surface area contributed by atoms with Gasteiger partial charge in [-0.25, -0.2) is 4.98 Å². The average Bonchev–Trinajstić information content (AvgIpc) is 3.04. The number of H-pyrrole nitrogens is 1. The van der Waals surface area contributed by atoms with E-state index in [0.717, 1.165) is 22.5 Å². The zero-order chi connectivity index (χ0) is 11.7. The highest BCUT2D eigenvalue weighted by Gasteiger charge is 2.26. The topological polar surface area (TPSA) is 45.8 Å². The number of nitrogens with one attached hydrogen (secondary N) is 1. The van der Waals surface area contributed by atoms with Gasteiger partial charge in [0.25, 0.3) is 5.56 Å². The SMILES string of the molecule is O=c1cc(C2CC2)nc(SCC2CCCC2)[nH]1. The lowest BCUT2D eigenvalue weighted by Gasteiger charge is -2.08. The number of nitrogens with zero attached hydrogens (tertiary/aromatic N) is 1. The Kier molecular flexibility index (Phi) is 3.23. The molecular weight excluding hydrogens is 232 g/mol. The van der Waals surface area contributed by atoms with E-state index >= 15 is 0 Å². The summed E-state index contributed by atoms with van der Waals surface area (Å²) in [5.74, 6) is 2.50. The normalized spacial score (nSPS) is 20.9. The summed E-state index contributed by atoms with van der Waals surface area (Å²) in [6.07, 6.45) is 7.83. The van der Waals surface area contributed by atoms with Gasteiger partial charge < -0.3 is 4.98 Å². The number of rotatable bonds is 4. The lowest BCUT2D eigenvalue weighted by Crippen LogP contribution is -2.10. The molecule has 2 saturated carbocycles. The molecule has 4 heteroatoms. The molecular formula is C13H18N2OS. The summed E-state index contributed by atoms with van der Waals surface area (Å²) in [4.78, 5) is 18.9. The van der Waals surface area contributed by atoms with E-state index in [1.54, 1.807) is 17.8 Å². The van der Waals surface area contributed by atoms with Crippen molar-refractivity contribution in [2.75, 3.05) is 5.75 Å². The van der Waals surface area contributed by atoms with Crippen LogP contribution in [0.2, 0.25) is 0 Å². The molecule has 0 saturated heterocycles. The van der Waals surface area contributed by atoms with Crippen molar-refractivity contribution in [2.24, 2.45) is 5.92 Å². The molecule has 0 atom stereocenters. The van der Waals surface area contributed by atoms with Crippen LogP contribution >= 0.6 is 11.8 Å². The molecule has 0 radical (unpaired) electrons. The van der Waals surface area contributed by atoms with Crippen LogP contribution in [0.25, 0.3) is 0 Å². The van der Waals surface area contributed by atoms with Gasteiger partial charge in [-0.05, 0) is 31.6 Å². The first-order chi connectivity index (χ1) is 8.31. The fourth-order valence-corrected chi connectivity index (χ4v) is 3.55. The third kappa shape index (κ3) is 2.92. The van der Waals surface area contributed by atoms with Crippen LogP contribution in [-0.2, 0) is 0 Å². The van der Waals surface area contributed by atoms with E-state index in [4.69, 9.17) is 0 Å². The molecule has 0 amide bonds. The van der Waals surface area contributed by atoms with Crippen LogP contribution < -0.4 is 5.56 Å². The fourth-order valence-electron chi connectivity index (χ4n) is 2.48. The molecule has 1 aromatic rings. The van der Waals surface area contributed by atoms with E-state index in [-0.39, 0.29) is 5.56 Å². The van der Waals surface area contributed by atoms with Crippen molar-refractivity contribution in [3.8, 4) is 0 Å². The Labute approximate surface area is 105 Å². The highest BCUT2D eigenvalue weighted by Crippen LogP contribution is 2.39. The minimum atomic E-state index is 0.0100. The van der Waals surface area contributed by atoms with Gasteiger partial charge in [0.1, 0.15) is 0 Å². The van der Waals surface area contributed by atoms with Gasteiger partial charge in [0, 0.05) is 17.7 Å². The minimum Gasteiger partial charge on any atom is -0.301 e. The van der Waals surface area contributed by atoms with Crippen molar-refractivity contribution in [1.29, 1.82) is 0 Å². The predicted octanol–water partition coefficient (Wildman–Crippen LogP) is 2.93. The molecule has 1 heterocycles. The van der Waals surface area contributed by atoms with Gasteiger partial charge >= 0.3 is 0 Å². The van der Waals surface area contributed by atoms with E-state index in [0.29, 0.717) is 5.92 Å². The highest BCUT2D eigenvalue weighted by molar-refractivity contribution is 7.99. The summed E-state index contributed by atoms with van der Waals surface area (Å²) >= 11 is 1.72. The first kappa shape index (κ1) is 11.3. The van der Waals surface area contributed by atoms with Crippen LogP contribution in [0.5, 0.6) is 0 Å². The minimum absolute atomic E-state index is 0.0100. The summed E-state index contributed by atoms with van der Waals surface area (Å²) in [7, 11) is 0. The standard InChI is InChI=1S/C13H18N2OS/c16-12-7-11(10-5-6-10)14-13(15-12)17-8-9-3-1-2-4-9/h7,9-10H,1-6,8H2,(H,14,15,16). The maximum Gasteiger partial charge on any atom is 0.251 e. The average molecular weight is 250 g/mol. The Hall–Kier alpha value is -0.770. The molecule has 3 rings (SSSR count). The van der Waals surface area contributed by atoms with Crippen LogP contribution in [0.15, 0.2) is 16.0 Å². The molecule has 1 aromatic heterocycles. The molecule has 2 fully saturated rings. The second-order valence-corrected chi connectivity index (χ2v) is 6.22. The Morgan fingerprint density at radius 1 is 1.29 bits per heavy atom. The van der Waals surface area contributed by atoms with Gasteiger partial charge in [-0.1, -0.05) is 24.6 Å². The highest BCUT2D eigenvalue weighted by atomic mass is 32.2. The molecule has 2 aliphatic carbocycles. The lowest BCUT2D eigenvalue weighted by atomic mass is 10.1. The maximum atomic E-state index is 11.5. The van der Waals surface area contributed by atoms with E-state index in [2.05, 4.69) is 9.97 Å². The van der Waals surface area contributed by atoms with E-state index in [9.17, 15) is 4.79 Å². The van der Waals surface area contributed by atoms with Crippen molar-refractivity contribution in [3.63, 3.8) is 0 Å². The number of hydrogen-bond acceptors (Lipinski definition) is 3. The van der Waals surface area contributed by atoms with Crippen molar-refractivity contribution in [2.45, 2.75) is 49.6 Å². The van der Waals surface area contributed by atoms with Crippen molar-refractivity contribution in [3.05, 3.63) is 22.1 Å². The molecule has 2 aliphatic rings. The molecule has 17 heavy (non-hydrogen) atoms. The van der Waals surface area contributed by atoms with Gasteiger partial charge in [-0.2, -0.15) is 0 Å². The smallest absolute Gasteiger partial charge is 0.251 e. The molecule has 0 unspecified atom stereocenters. The summed E-state index contributed by atoms with van der Waals surface area (Å²) in [6.45, 7) is 0. The number of aromatic nitrogens is 2. The van der Waals surface area contributed by atoms with Crippen molar-refractivity contribution in [1.82, 2.24) is 9.97 Å². The van der Waals surface area contributed by atoms with Crippen LogP contribution in [0.3, 0.4) is 0 Å². The zero-order valence-electron chi connectivity index (χ0n) is 9.95. The van der Waals surface area contributed by atoms with Crippen LogP contribution in [-0.4, -0.2) is 15.7 Å². The Morgan fingerprint density at radius 2 is 2.06 bits per heavy atom. The third-order valence-electron chi connectivity index (χ3n) is 3.67. The number of aromatic amines is 1. The Bertz CT molecular complexity index is 447. The number of thioether (sulfide) groups is 1. The summed E-state index contributed by atoms with van der Waals surface area (Å²) in [5.41, 5.74) is 1.01. The quantitative estimate of drug-likeness (QED) is 0.660.